The second-order valence-corrected chi connectivity index (χ2v) is 6.99. The van der Waals surface area contributed by atoms with E-state index in [0.717, 1.165) is 22.1 Å². The van der Waals surface area contributed by atoms with Gasteiger partial charge < -0.3 is 9.62 Å². The Morgan fingerprint density at radius 2 is 2.00 bits per heavy atom. The topological polar surface area (TPSA) is 90.3 Å². The van der Waals surface area contributed by atoms with Crippen molar-refractivity contribution >= 4 is 51.3 Å². The third-order valence-electron chi connectivity index (χ3n) is 4.34. The van der Waals surface area contributed by atoms with Crippen molar-refractivity contribution in [3.63, 3.8) is 0 Å². The van der Waals surface area contributed by atoms with E-state index in [0.29, 0.717) is 33.8 Å². The molecule has 0 aliphatic carbocycles. The molecule has 27 heavy (non-hydrogen) atoms. The maximum Gasteiger partial charge on any atom is 0.305 e. The molecule has 0 N–H and O–H groups in total. The van der Waals surface area contributed by atoms with Crippen molar-refractivity contribution in [3.8, 4) is 11.5 Å². The van der Waals surface area contributed by atoms with Crippen molar-refractivity contribution in [2.45, 2.75) is 0 Å². The van der Waals surface area contributed by atoms with Crippen LogP contribution in [0.5, 0.6) is 0 Å². The molecule has 0 atom stereocenters. The van der Waals surface area contributed by atoms with E-state index in [4.69, 9.17) is 4.42 Å². The van der Waals surface area contributed by atoms with Crippen LogP contribution in [0.4, 0.5) is 5.69 Å². The third-order valence-corrected chi connectivity index (χ3v) is 5.37. The van der Waals surface area contributed by atoms with Crippen LogP contribution in [0.25, 0.3) is 33.5 Å². The van der Waals surface area contributed by atoms with Crippen LogP contribution in [0.15, 0.2) is 59.1 Å². The Bertz CT molecular complexity index is 1250. The number of ketones is 1. The second kappa shape index (κ2) is 5.82. The summed E-state index contributed by atoms with van der Waals surface area (Å²) in [6, 6.07) is 14.2. The lowest BCUT2D eigenvalue weighted by Gasteiger charge is -2.11. The third kappa shape index (κ3) is 2.53. The molecule has 1 saturated heterocycles. The molecule has 8 heteroatoms. The summed E-state index contributed by atoms with van der Waals surface area (Å²) >= 11 is 1.16. The van der Waals surface area contributed by atoms with Gasteiger partial charge in [0, 0.05) is 11.5 Å². The lowest BCUT2D eigenvalue weighted by atomic mass is 10.1. The molecule has 1 aliphatic rings. The molecule has 7 nitrogen and oxygen atoms in total. The lowest BCUT2D eigenvalue weighted by Crippen LogP contribution is -2.26. The summed E-state index contributed by atoms with van der Waals surface area (Å²) in [6.45, 7) is 0. The first-order valence-corrected chi connectivity index (χ1v) is 9.07. The highest BCUT2D eigenvalue weighted by Crippen LogP contribution is 2.32. The predicted molar refractivity (Wildman–Crippen MR) is 101 cm³/mol. The standard InChI is InChI=1S/C19H11N3O4S/c23-16-10-27-22(19(16)24)13-5-6-17-14(8-13)20-18(26-17)12-7-11-3-1-2-4-15(11)21(25)9-12/h1-9H,10H2. The maximum absolute atomic E-state index is 12.3. The SMILES string of the molecule is O=C1CSN(c2ccc3oc(-c4cc5ccccc5[n+]([O-])c4)nc3c2)C1=O. The number of amides is 1. The highest BCUT2D eigenvalue weighted by molar-refractivity contribution is 8.03. The van der Waals surface area contributed by atoms with Gasteiger partial charge in [0.2, 0.25) is 17.2 Å². The Morgan fingerprint density at radius 1 is 1.15 bits per heavy atom. The normalized spacial score (nSPS) is 14.6. The number of anilines is 1. The van der Waals surface area contributed by atoms with Crippen molar-refractivity contribution in [3.05, 3.63) is 59.9 Å². The molecule has 5 rings (SSSR count). The fourth-order valence-corrected chi connectivity index (χ4v) is 3.89. The number of pyridine rings is 1. The maximum atomic E-state index is 12.3. The molecule has 0 bridgehead atoms. The molecule has 2 aromatic carbocycles. The van der Waals surface area contributed by atoms with Gasteiger partial charge >= 0.3 is 5.91 Å². The number of para-hydroxylation sites is 1. The van der Waals surface area contributed by atoms with E-state index >= 15 is 0 Å². The van der Waals surface area contributed by atoms with E-state index in [1.165, 1.54) is 10.5 Å². The van der Waals surface area contributed by atoms with Crippen LogP contribution in [0.2, 0.25) is 0 Å². The Kier molecular flexibility index (Phi) is 3.41. The molecular weight excluding hydrogens is 366 g/mol. The minimum atomic E-state index is -0.537. The van der Waals surface area contributed by atoms with Crippen molar-refractivity contribution in [1.82, 2.24) is 4.98 Å². The zero-order chi connectivity index (χ0) is 18.5. The number of carbonyl (C=O) groups excluding carboxylic acids is 2. The van der Waals surface area contributed by atoms with E-state index in [-0.39, 0.29) is 5.75 Å². The summed E-state index contributed by atoms with van der Waals surface area (Å²) in [4.78, 5) is 27.8. The van der Waals surface area contributed by atoms with Gasteiger partial charge in [-0.05, 0) is 42.3 Å². The minimum absolute atomic E-state index is 0.140. The summed E-state index contributed by atoms with van der Waals surface area (Å²) in [5, 5.41) is 13.0. The molecule has 1 fully saturated rings. The van der Waals surface area contributed by atoms with Gasteiger partial charge in [-0.15, -0.1) is 0 Å². The molecule has 1 aliphatic heterocycles. The first kappa shape index (κ1) is 15.8. The van der Waals surface area contributed by atoms with E-state index in [9.17, 15) is 14.8 Å². The van der Waals surface area contributed by atoms with Gasteiger partial charge in [0.15, 0.2) is 11.8 Å². The monoisotopic (exact) mass is 377 g/mol. The zero-order valence-corrected chi connectivity index (χ0v) is 14.6. The number of carbonyl (C=O) groups is 2. The van der Waals surface area contributed by atoms with Gasteiger partial charge in [0.1, 0.15) is 11.1 Å². The zero-order valence-electron chi connectivity index (χ0n) is 13.8. The van der Waals surface area contributed by atoms with E-state index in [2.05, 4.69) is 4.98 Å². The molecule has 3 heterocycles. The van der Waals surface area contributed by atoms with E-state index in [1.54, 1.807) is 30.3 Å². The number of oxazole rings is 1. The summed E-state index contributed by atoms with van der Waals surface area (Å²) in [5.41, 5.74) is 2.76. The highest BCUT2D eigenvalue weighted by Gasteiger charge is 2.32. The number of nitrogens with zero attached hydrogens (tertiary/aromatic N) is 3. The van der Waals surface area contributed by atoms with Gasteiger partial charge in [0.05, 0.1) is 11.4 Å². The Hall–Kier alpha value is -3.39. The minimum Gasteiger partial charge on any atom is -0.618 e. The fourth-order valence-electron chi connectivity index (χ4n) is 3.04. The van der Waals surface area contributed by atoms with Gasteiger partial charge in [-0.2, -0.15) is 4.73 Å². The van der Waals surface area contributed by atoms with Crippen molar-refractivity contribution in [1.29, 1.82) is 0 Å². The molecule has 4 aromatic rings. The number of aromatic nitrogens is 2. The first-order valence-electron chi connectivity index (χ1n) is 8.13. The Labute approximate surface area is 156 Å². The average Bonchev–Trinajstić information content (AvgIpc) is 3.25. The molecule has 0 unspecified atom stereocenters. The number of rotatable bonds is 2. The van der Waals surface area contributed by atoms with E-state index < -0.39 is 11.7 Å². The van der Waals surface area contributed by atoms with Gasteiger partial charge in [0.25, 0.3) is 0 Å². The molecule has 0 radical (unpaired) electrons. The summed E-state index contributed by atoms with van der Waals surface area (Å²) < 4.78 is 7.93. The van der Waals surface area contributed by atoms with Crippen LogP contribution < -0.4 is 9.04 Å². The molecule has 0 saturated carbocycles. The Morgan fingerprint density at radius 3 is 2.81 bits per heavy atom. The second-order valence-electron chi connectivity index (χ2n) is 6.08. The van der Waals surface area contributed by atoms with Crippen LogP contribution >= 0.6 is 11.9 Å². The molecular formula is C19H11N3O4S. The Balaban J connectivity index is 1.59. The van der Waals surface area contributed by atoms with Crippen molar-refractivity contribution < 1.29 is 18.7 Å². The van der Waals surface area contributed by atoms with Crippen LogP contribution in [-0.4, -0.2) is 22.4 Å². The highest BCUT2D eigenvalue weighted by atomic mass is 32.2. The van der Waals surface area contributed by atoms with Gasteiger partial charge in [-0.25, -0.2) is 9.29 Å². The van der Waals surface area contributed by atoms with Crippen LogP contribution in [0.3, 0.4) is 0 Å². The summed E-state index contributed by atoms with van der Waals surface area (Å²) in [6.07, 6.45) is 1.42. The molecule has 0 spiro atoms. The number of fused-ring (bicyclic) bond motifs is 2. The van der Waals surface area contributed by atoms with Crippen LogP contribution in [0.1, 0.15) is 0 Å². The largest absolute Gasteiger partial charge is 0.618 e. The average molecular weight is 377 g/mol. The van der Waals surface area contributed by atoms with E-state index in [1.807, 2.05) is 18.2 Å². The fraction of sp³-hybridized carbons (Fsp3) is 0.0526. The number of hydrogen-bond acceptors (Lipinski definition) is 6. The lowest BCUT2D eigenvalue weighted by molar-refractivity contribution is -0.576. The van der Waals surface area contributed by atoms with Crippen LogP contribution in [-0.2, 0) is 9.59 Å². The number of Topliss-reactive ketones (excluding diaryl/α,β-unsaturated/α-hetero) is 1. The number of benzene rings is 2. The van der Waals surface area contributed by atoms with Gasteiger partial charge in [-0.1, -0.05) is 12.1 Å². The summed E-state index contributed by atoms with van der Waals surface area (Å²) in [5.74, 6) is -0.502. The number of hydrogen-bond donors (Lipinski definition) is 0. The first-order chi connectivity index (χ1) is 13.1. The molecule has 2 aromatic heterocycles. The molecule has 1 amide bonds. The quantitative estimate of drug-likeness (QED) is 0.231. The van der Waals surface area contributed by atoms with Gasteiger partial charge in [-0.3, -0.25) is 9.59 Å². The predicted octanol–water partition coefficient (Wildman–Crippen LogP) is 2.85. The van der Waals surface area contributed by atoms with Crippen molar-refractivity contribution in [2.24, 2.45) is 0 Å². The molecule has 132 valence electrons. The smallest absolute Gasteiger partial charge is 0.305 e. The van der Waals surface area contributed by atoms with Crippen molar-refractivity contribution in [2.75, 3.05) is 10.1 Å². The summed E-state index contributed by atoms with van der Waals surface area (Å²) in [7, 11) is 0. The van der Waals surface area contributed by atoms with Crippen LogP contribution in [0, 0.1) is 5.21 Å².